The van der Waals surface area contributed by atoms with Crippen LogP contribution >= 0.6 is 0 Å². The molecule has 0 heterocycles. The number of carbonyl (C=O) groups excluding carboxylic acids is 1. The minimum absolute atomic E-state index is 0.0893. The topological polar surface area (TPSA) is 60.4 Å². The van der Waals surface area contributed by atoms with Crippen LogP contribution in [0.15, 0.2) is 12.2 Å². The first-order valence-electron chi connectivity index (χ1n) is 4.42. The Kier molecular flexibility index (Phi) is 5.45. The van der Waals surface area contributed by atoms with Crippen molar-refractivity contribution in [1.82, 2.24) is 0 Å². The first kappa shape index (κ1) is 13.2. The van der Waals surface area contributed by atoms with Crippen LogP contribution in [0.5, 0.6) is 0 Å². The van der Waals surface area contributed by atoms with E-state index in [0.717, 1.165) is 0 Å². The average molecular weight is 220 g/mol. The van der Waals surface area contributed by atoms with Crippen molar-refractivity contribution in [1.29, 1.82) is 0 Å². The molecule has 0 aliphatic rings. The molecule has 0 spiro atoms. The normalized spacial score (nSPS) is 11.0. The van der Waals surface area contributed by atoms with Crippen LogP contribution in [0.25, 0.3) is 0 Å². The van der Waals surface area contributed by atoms with Crippen LogP contribution in [0.3, 0.4) is 0 Å². The number of hydrogen-bond acceptors (Lipinski definition) is 4. The quantitative estimate of drug-likeness (QED) is 0.493. The highest BCUT2D eigenvalue weighted by Gasteiger charge is 2.11. The summed E-state index contributed by atoms with van der Waals surface area (Å²) in [5, 5.41) is 0. The highest BCUT2D eigenvalue weighted by molar-refractivity contribution is 7.91. The molecule has 0 aliphatic carbocycles. The van der Waals surface area contributed by atoms with Gasteiger partial charge in [-0.3, -0.25) is 0 Å². The lowest BCUT2D eigenvalue weighted by atomic mass is 10.4. The van der Waals surface area contributed by atoms with E-state index in [9.17, 15) is 13.2 Å². The largest absolute Gasteiger partial charge is 0.461 e. The van der Waals surface area contributed by atoms with Gasteiger partial charge in [-0.1, -0.05) is 13.5 Å². The third kappa shape index (κ3) is 5.75. The summed E-state index contributed by atoms with van der Waals surface area (Å²) in [6.07, 6.45) is 0.580. The third-order valence-corrected chi connectivity index (χ3v) is 3.31. The molecule has 0 rings (SSSR count). The maximum atomic E-state index is 11.2. The van der Waals surface area contributed by atoms with E-state index in [1.165, 1.54) is 6.92 Å². The van der Waals surface area contributed by atoms with E-state index in [-0.39, 0.29) is 23.7 Å². The average Bonchev–Trinajstić information content (AvgIpc) is 2.03. The molecule has 0 amide bonds. The van der Waals surface area contributed by atoms with Crippen LogP contribution in [0, 0.1) is 0 Å². The minimum Gasteiger partial charge on any atom is -0.461 e. The van der Waals surface area contributed by atoms with E-state index in [1.54, 1.807) is 6.92 Å². The molecule has 0 saturated heterocycles. The van der Waals surface area contributed by atoms with Crippen molar-refractivity contribution in [2.75, 3.05) is 18.1 Å². The number of carbonyl (C=O) groups is 1. The van der Waals surface area contributed by atoms with Crippen molar-refractivity contribution in [2.24, 2.45) is 0 Å². The van der Waals surface area contributed by atoms with Gasteiger partial charge < -0.3 is 4.74 Å². The van der Waals surface area contributed by atoms with Crippen LogP contribution < -0.4 is 0 Å². The molecule has 0 aliphatic heterocycles. The fourth-order valence-electron chi connectivity index (χ4n) is 0.798. The zero-order chi connectivity index (χ0) is 11.2. The molecule has 0 fully saturated rings. The highest BCUT2D eigenvalue weighted by Crippen LogP contribution is 1.96. The molecule has 0 aromatic rings. The fourth-order valence-corrected chi connectivity index (χ4v) is 1.96. The van der Waals surface area contributed by atoms with Gasteiger partial charge in [0.1, 0.15) is 6.61 Å². The van der Waals surface area contributed by atoms with Gasteiger partial charge in [-0.15, -0.1) is 0 Å². The Bertz CT molecular complexity index is 303. The van der Waals surface area contributed by atoms with Gasteiger partial charge in [0.15, 0.2) is 9.84 Å². The second-order valence-electron chi connectivity index (χ2n) is 3.07. The minimum atomic E-state index is -3.06. The maximum Gasteiger partial charge on any atom is 0.333 e. The Morgan fingerprint density at radius 1 is 1.36 bits per heavy atom. The summed E-state index contributed by atoms with van der Waals surface area (Å²) in [6, 6.07) is 0. The van der Waals surface area contributed by atoms with Crippen LogP contribution in [-0.2, 0) is 19.4 Å². The maximum absolute atomic E-state index is 11.2. The molecular formula is C9H16O4S. The van der Waals surface area contributed by atoms with Crippen LogP contribution in [0.1, 0.15) is 20.3 Å². The molecule has 82 valence electrons. The SMILES string of the molecule is C=C(C)C(=O)OCCS(=O)(=O)CCC. The molecule has 0 N–H and O–H groups in total. The number of ether oxygens (including phenoxy) is 1. The highest BCUT2D eigenvalue weighted by atomic mass is 32.2. The van der Waals surface area contributed by atoms with Gasteiger partial charge in [-0.25, -0.2) is 13.2 Å². The molecule has 0 saturated carbocycles. The summed E-state index contributed by atoms with van der Waals surface area (Å²) in [7, 11) is -3.06. The van der Waals surface area contributed by atoms with Gasteiger partial charge in [-0.05, 0) is 13.3 Å². The van der Waals surface area contributed by atoms with Crippen LogP contribution in [0.4, 0.5) is 0 Å². The van der Waals surface area contributed by atoms with Gasteiger partial charge in [0.25, 0.3) is 0 Å². The summed E-state index contributed by atoms with van der Waals surface area (Å²) in [5.41, 5.74) is 0.276. The molecule has 4 nitrogen and oxygen atoms in total. The number of sulfone groups is 1. The summed E-state index contributed by atoms with van der Waals surface area (Å²) in [4.78, 5) is 10.9. The van der Waals surface area contributed by atoms with Gasteiger partial charge in [0.2, 0.25) is 0 Å². The molecule has 0 aromatic carbocycles. The second-order valence-corrected chi connectivity index (χ2v) is 5.37. The predicted molar refractivity (Wildman–Crippen MR) is 54.7 cm³/mol. The predicted octanol–water partition coefficient (Wildman–Crippen LogP) is 0.930. The van der Waals surface area contributed by atoms with E-state index >= 15 is 0 Å². The standard InChI is InChI=1S/C9H16O4S/c1-4-6-14(11,12)7-5-13-9(10)8(2)3/h2,4-7H2,1,3H3. The molecule has 14 heavy (non-hydrogen) atoms. The smallest absolute Gasteiger partial charge is 0.333 e. The fraction of sp³-hybridized carbons (Fsp3) is 0.667. The van der Waals surface area contributed by atoms with E-state index in [4.69, 9.17) is 0 Å². The molecule has 0 unspecified atom stereocenters. The lowest BCUT2D eigenvalue weighted by molar-refractivity contribution is -0.138. The lowest BCUT2D eigenvalue weighted by Gasteiger charge is -2.04. The summed E-state index contributed by atoms with van der Waals surface area (Å²) < 4.78 is 27.0. The van der Waals surface area contributed by atoms with Gasteiger partial charge >= 0.3 is 5.97 Å². The molecule has 0 bridgehead atoms. The summed E-state index contributed by atoms with van der Waals surface area (Å²) in [6.45, 7) is 6.60. The number of esters is 1. The monoisotopic (exact) mass is 220 g/mol. The van der Waals surface area contributed by atoms with Crippen molar-refractivity contribution < 1.29 is 17.9 Å². The van der Waals surface area contributed by atoms with E-state index in [0.29, 0.717) is 6.42 Å². The van der Waals surface area contributed by atoms with Crippen molar-refractivity contribution >= 4 is 15.8 Å². The zero-order valence-corrected chi connectivity index (χ0v) is 9.39. The Morgan fingerprint density at radius 2 is 1.93 bits per heavy atom. The number of hydrogen-bond donors (Lipinski definition) is 0. The van der Waals surface area contributed by atoms with Crippen LogP contribution in [-0.4, -0.2) is 32.5 Å². The third-order valence-electron chi connectivity index (χ3n) is 1.49. The molecular weight excluding hydrogens is 204 g/mol. The van der Waals surface area contributed by atoms with Crippen LogP contribution in [0.2, 0.25) is 0 Å². The van der Waals surface area contributed by atoms with E-state index in [1.807, 2.05) is 0 Å². The summed E-state index contributed by atoms with van der Waals surface area (Å²) in [5.74, 6) is -0.519. The first-order valence-corrected chi connectivity index (χ1v) is 6.24. The Morgan fingerprint density at radius 3 is 2.36 bits per heavy atom. The van der Waals surface area contributed by atoms with Crippen molar-refractivity contribution in [3.8, 4) is 0 Å². The second kappa shape index (κ2) is 5.80. The Balaban J connectivity index is 3.86. The molecule has 5 heteroatoms. The van der Waals surface area contributed by atoms with Crippen molar-refractivity contribution in [2.45, 2.75) is 20.3 Å². The first-order chi connectivity index (χ1) is 6.39. The number of rotatable bonds is 6. The Labute approximate surface area is 84.9 Å². The zero-order valence-electron chi connectivity index (χ0n) is 8.58. The van der Waals surface area contributed by atoms with E-state index in [2.05, 4.69) is 11.3 Å². The van der Waals surface area contributed by atoms with Crippen molar-refractivity contribution in [3.05, 3.63) is 12.2 Å². The molecule has 0 atom stereocenters. The molecule has 0 radical (unpaired) electrons. The molecule has 0 aromatic heterocycles. The van der Waals surface area contributed by atoms with Crippen molar-refractivity contribution in [3.63, 3.8) is 0 Å². The van der Waals surface area contributed by atoms with Gasteiger partial charge in [-0.2, -0.15) is 0 Å². The van der Waals surface area contributed by atoms with E-state index < -0.39 is 15.8 Å². The summed E-state index contributed by atoms with van der Waals surface area (Å²) >= 11 is 0. The van der Waals surface area contributed by atoms with Gasteiger partial charge in [0, 0.05) is 5.57 Å². The van der Waals surface area contributed by atoms with Gasteiger partial charge in [0.05, 0.1) is 11.5 Å². The lowest BCUT2D eigenvalue weighted by Crippen LogP contribution is -2.17. The Hall–Kier alpha value is -0.840.